The van der Waals surface area contributed by atoms with E-state index in [4.69, 9.17) is 29.4 Å². The fourth-order valence-corrected chi connectivity index (χ4v) is 24.5. The number of aliphatic hydroxyl groups excluding tert-OH is 3. The molecule has 5 aromatic rings. The first-order valence-electron chi connectivity index (χ1n) is 37.3. The highest BCUT2D eigenvalue weighted by Crippen LogP contribution is 2.67. The van der Waals surface area contributed by atoms with Gasteiger partial charge in [-0.1, -0.05) is 138 Å². The number of dihydropyridines is 1. The summed E-state index contributed by atoms with van der Waals surface area (Å²) >= 11 is 0. The predicted molar refractivity (Wildman–Crippen MR) is 393 cm³/mol. The molecule has 12 aliphatic rings. The Morgan fingerprint density at radius 2 is 1.75 bits per heavy atom. The van der Waals surface area contributed by atoms with Crippen LogP contribution in [0, 0.1) is 59.2 Å². The molecule has 15 nitrogen and oxygen atoms in total. The molecule has 5 aromatic carbocycles. The number of phenols is 2. The number of aryl methyl sites for hydroxylation is 1. The van der Waals surface area contributed by atoms with E-state index in [1.807, 2.05) is 33.7 Å². The maximum absolute atomic E-state index is 14.3. The van der Waals surface area contributed by atoms with Crippen molar-refractivity contribution in [2.45, 2.75) is 193 Å². The number of carbonyl (C=O) groups excluding carboxylic acids is 1. The molecule has 101 heavy (non-hydrogen) atoms. The van der Waals surface area contributed by atoms with Gasteiger partial charge in [-0.2, -0.15) is 0 Å². The SMILES string of the molecule is COC[C@H]1[C@@H](CO)[C@@H]2CCCc3ccc4cc3C[C@H]1C#C[C@H]1C#CC3=C(C=CC(N)N3)[C@@H]([C@H]3CC[C@]5(Cc6cc(O)cc(OCO)c6-c6ccc7c(c65)O[C@H](c5c6c(c(O)c(c51)CN2)O[C@H]1[C@H](Cc2ccccc2)SSC[C@@H]2CCC[C@H](C2)N[C@@H]1C=C6)[C@H]7COC(C)=O)C3)[C@@]41CCCC[C@H]1O. The standard InChI is InChI=1S/C84H94N4O11S2/c1-46(91)96-43-65-58-22-23-60-73-54(36-57(92)37-69(73)97-45-90)39-83-31-29-52(38-83)76-59-25-28-72(85)88-67(59)26-20-50-17-18-51-34-53-35-55(84(76)30-7-6-16-71(84)93)21-19-49(53)13-9-15-66(63(41-89)64(51)42-95-2)86-40-62-74(50)75(79(65)98-80(58)77(60)83)61-24-27-68-82(99-81(61)78(62)94)70(33-47-10-4-3-5-11-47)101-100-44-48-12-8-14-56(32-48)87-68/h3-5,10-11,19,21-25,27-28,35-37,48,50-52,56,63-66,68,70-72,76,79,82,86-90,92-94H,6-9,12-16,29-34,38-45,85H2,1-2H3/t48-,50+,51-,52+,56-,63-,64-,65+,66+,68-,70+,71-,72?,76-,79+,82-,83-,84+/m1/s1. The number of ether oxygens (including phenoxy) is 5. The van der Waals surface area contributed by atoms with E-state index in [0.29, 0.717) is 103 Å². The molecule has 17 rings (SSSR count). The maximum atomic E-state index is 14.3. The number of aliphatic hydroxyl groups is 3. The van der Waals surface area contributed by atoms with Crippen molar-refractivity contribution in [3.8, 4) is 63.6 Å². The van der Waals surface area contributed by atoms with Gasteiger partial charge in [-0.25, -0.2) is 0 Å². The Kier molecular flexibility index (Phi) is 18.4. The molecular formula is C84H94N4O11S2. The molecule has 10 N–H and O–H groups in total. The quantitative estimate of drug-likeness (QED) is 0.0289. The Morgan fingerprint density at radius 1 is 0.861 bits per heavy atom. The molecule has 528 valence electrons. The van der Waals surface area contributed by atoms with Crippen LogP contribution in [-0.4, -0.2) is 113 Å². The summed E-state index contributed by atoms with van der Waals surface area (Å²) in [6, 6.07) is 25.2. The second-order valence-corrected chi connectivity index (χ2v) is 33.9. The zero-order chi connectivity index (χ0) is 68.8. The van der Waals surface area contributed by atoms with Gasteiger partial charge in [0.05, 0.1) is 41.8 Å². The number of rotatable bonds is 9. The van der Waals surface area contributed by atoms with E-state index in [1.54, 1.807) is 13.2 Å². The summed E-state index contributed by atoms with van der Waals surface area (Å²) in [7, 11) is 5.57. The number of allylic oxidation sites excluding steroid dienone is 3. The van der Waals surface area contributed by atoms with Crippen LogP contribution in [0.4, 0.5) is 0 Å². The van der Waals surface area contributed by atoms with Crippen molar-refractivity contribution in [3.63, 3.8) is 0 Å². The van der Waals surface area contributed by atoms with Crippen LogP contribution in [0.1, 0.15) is 170 Å². The molecule has 0 radical (unpaired) electrons. The Balaban J connectivity index is 1.01. The highest BCUT2D eigenvalue weighted by atomic mass is 33.1. The zero-order valence-corrected chi connectivity index (χ0v) is 59.5. The maximum Gasteiger partial charge on any atom is 0.302 e. The van der Waals surface area contributed by atoms with Crippen molar-refractivity contribution in [2.75, 3.05) is 39.5 Å². The molecule has 17 heteroatoms. The summed E-state index contributed by atoms with van der Waals surface area (Å²) in [4.78, 5) is 13.7. The third-order valence-corrected chi connectivity index (χ3v) is 28.6. The van der Waals surface area contributed by atoms with Gasteiger partial charge in [0.15, 0.2) is 18.3 Å². The van der Waals surface area contributed by atoms with E-state index in [0.717, 1.165) is 102 Å². The summed E-state index contributed by atoms with van der Waals surface area (Å²) in [6.07, 6.45) is 19.6. The summed E-state index contributed by atoms with van der Waals surface area (Å²) in [6.45, 7) is 1.10. The fourth-order valence-electron chi connectivity index (χ4n) is 21.3. The normalized spacial score (nSPS) is 33.7. The van der Waals surface area contributed by atoms with Crippen LogP contribution in [-0.2, 0) is 57.3 Å². The average Bonchev–Trinajstić information content (AvgIpc) is 1.59. The number of hydrogen-bond acceptors (Lipinski definition) is 17. The van der Waals surface area contributed by atoms with Crippen molar-refractivity contribution >= 4 is 33.6 Å². The van der Waals surface area contributed by atoms with Crippen LogP contribution in [0.15, 0.2) is 102 Å². The minimum absolute atomic E-state index is 0.0258. The van der Waals surface area contributed by atoms with Gasteiger partial charge in [0, 0.05) is 119 Å². The second-order valence-electron chi connectivity index (χ2n) is 31.2. The summed E-state index contributed by atoms with van der Waals surface area (Å²) in [5.41, 5.74) is 18.9. The van der Waals surface area contributed by atoms with Crippen LogP contribution in [0.3, 0.4) is 0 Å². The Labute approximate surface area is 601 Å². The fraction of sp³-hybridized carbons (Fsp3) is 0.512. The minimum atomic E-state index is -0.953. The first-order chi connectivity index (χ1) is 49.3. The van der Waals surface area contributed by atoms with E-state index < -0.39 is 59.9 Å². The molecule has 0 aromatic heterocycles. The van der Waals surface area contributed by atoms with Crippen molar-refractivity contribution < 1.29 is 54.0 Å². The van der Waals surface area contributed by atoms with Crippen LogP contribution < -0.4 is 35.9 Å². The largest absolute Gasteiger partial charge is 0.508 e. The first-order valence-corrected chi connectivity index (χ1v) is 39.7. The van der Waals surface area contributed by atoms with E-state index in [9.17, 15) is 30.3 Å². The Hall–Kier alpha value is -6.87. The van der Waals surface area contributed by atoms with Gasteiger partial charge in [0.1, 0.15) is 42.0 Å². The van der Waals surface area contributed by atoms with Gasteiger partial charge in [-0.05, 0) is 164 Å². The van der Waals surface area contributed by atoms with Crippen molar-refractivity contribution in [1.82, 2.24) is 16.0 Å². The number of fused-ring (bicyclic) bond motifs is 16. The molecule has 6 aliphatic carbocycles. The molecule has 12 bridgehead atoms. The van der Waals surface area contributed by atoms with Crippen LogP contribution in [0.25, 0.3) is 17.2 Å². The molecule has 1 unspecified atom stereocenters. The number of esters is 1. The van der Waals surface area contributed by atoms with Gasteiger partial charge >= 0.3 is 5.97 Å². The second kappa shape index (κ2) is 27.6. The minimum Gasteiger partial charge on any atom is -0.508 e. The molecule has 18 atom stereocenters. The van der Waals surface area contributed by atoms with Gasteiger partial charge in [0.2, 0.25) is 0 Å². The smallest absolute Gasteiger partial charge is 0.302 e. The third kappa shape index (κ3) is 11.9. The number of nitrogens with two attached hydrogens (primary N) is 1. The number of benzene rings is 5. The number of hydrogen-bond donors (Lipinski definition) is 9. The van der Waals surface area contributed by atoms with Crippen molar-refractivity contribution in [1.29, 1.82) is 0 Å². The van der Waals surface area contributed by atoms with Gasteiger partial charge in [-0.15, -0.1) is 0 Å². The number of phenolic OH excluding ortho intramolecular Hbond substituents is 2. The van der Waals surface area contributed by atoms with Crippen LogP contribution in [0.2, 0.25) is 0 Å². The summed E-state index contributed by atoms with van der Waals surface area (Å²) in [5.74, 6) is 15.3. The Morgan fingerprint density at radius 3 is 2.59 bits per heavy atom. The van der Waals surface area contributed by atoms with Gasteiger partial charge < -0.3 is 70.9 Å². The molecule has 3 saturated carbocycles. The first kappa shape index (κ1) is 67.3. The number of nitrogens with one attached hydrogen (secondary N) is 3. The predicted octanol–water partition coefficient (Wildman–Crippen LogP) is 11.9. The zero-order valence-electron chi connectivity index (χ0n) is 57.8. The number of methoxy groups -OCH3 is 1. The molecule has 1 saturated heterocycles. The number of aromatic hydroxyl groups is 2. The lowest BCUT2D eigenvalue weighted by Crippen LogP contribution is -2.52. The van der Waals surface area contributed by atoms with E-state index >= 15 is 0 Å². The lowest BCUT2D eigenvalue weighted by molar-refractivity contribution is -0.141. The van der Waals surface area contributed by atoms with Gasteiger partial charge in [0.25, 0.3) is 0 Å². The Bertz CT molecular complexity index is 4310. The third-order valence-electron chi connectivity index (χ3n) is 25.6. The lowest BCUT2D eigenvalue weighted by atomic mass is 9.54. The molecule has 0 amide bonds. The molecule has 4 fully saturated rings. The van der Waals surface area contributed by atoms with Crippen LogP contribution >= 0.6 is 21.6 Å². The number of carbonyl (C=O) groups is 1. The molecule has 6 heterocycles. The van der Waals surface area contributed by atoms with Gasteiger partial charge in [-0.3, -0.25) is 4.79 Å². The topological polar surface area (TPSA) is 226 Å². The van der Waals surface area contributed by atoms with E-state index in [-0.39, 0.29) is 84.2 Å². The highest BCUT2D eigenvalue weighted by Gasteiger charge is 2.59. The molecule has 6 aliphatic heterocycles. The molecule has 2 spiro atoms. The van der Waals surface area contributed by atoms with Crippen molar-refractivity contribution in [2.24, 2.45) is 41.2 Å². The van der Waals surface area contributed by atoms with E-state index in [2.05, 4.69) is 119 Å². The van der Waals surface area contributed by atoms with E-state index in [1.165, 1.54) is 30.0 Å². The van der Waals surface area contributed by atoms with Crippen molar-refractivity contribution in [3.05, 3.63) is 163 Å². The summed E-state index contributed by atoms with van der Waals surface area (Å²) in [5, 5.41) is 74.5. The summed E-state index contributed by atoms with van der Waals surface area (Å²) < 4.78 is 35.1. The average molecular weight is 1400 g/mol. The molecular weight excluding hydrogens is 1310 g/mol. The monoisotopic (exact) mass is 1400 g/mol. The highest BCUT2D eigenvalue weighted by molar-refractivity contribution is 8.77. The van der Waals surface area contributed by atoms with Crippen LogP contribution in [0.5, 0.6) is 28.7 Å². The lowest BCUT2D eigenvalue weighted by Gasteiger charge is -2.51.